The van der Waals surface area contributed by atoms with E-state index in [4.69, 9.17) is 4.42 Å². The van der Waals surface area contributed by atoms with E-state index < -0.39 is 6.10 Å². The van der Waals surface area contributed by atoms with Gasteiger partial charge in [-0.1, -0.05) is 23.4 Å². The molecule has 1 aromatic carbocycles. The molecule has 2 heterocycles. The van der Waals surface area contributed by atoms with Crippen molar-refractivity contribution < 1.29 is 9.52 Å². The Labute approximate surface area is 122 Å². The Kier molecular flexibility index (Phi) is 3.35. The van der Waals surface area contributed by atoms with Crippen LogP contribution in [0, 0.1) is 20.8 Å². The zero-order chi connectivity index (χ0) is 15.0. The minimum Gasteiger partial charge on any atom is -0.466 e. The summed E-state index contributed by atoms with van der Waals surface area (Å²) in [5.41, 5.74) is 3.22. The average molecular weight is 283 g/mol. The van der Waals surface area contributed by atoms with Crippen LogP contribution in [0.2, 0.25) is 0 Å². The molecular weight excluding hydrogens is 266 g/mol. The van der Waals surface area contributed by atoms with Crippen molar-refractivity contribution in [1.29, 1.82) is 0 Å². The molecular formula is C16H17N3O2. The number of rotatable bonds is 3. The maximum Gasteiger partial charge on any atom is 0.126 e. The van der Waals surface area contributed by atoms with Crippen molar-refractivity contribution in [2.24, 2.45) is 0 Å². The van der Waals surface area contributed by atoms with Gasteiger partial charge in [0.15, 0.2) is 0 Å². The number of hydrogen-bond donors (Lipinski definition) is 1. The molecule has 5 heteroatoms. The first-order valence-corrected chi connectivity index (χ1v) is 6.80. The van der Waals surface area contributed by atoms with Gasteiger partial charge in [0.25, 0.3) is 0 Å². The molecule has 3 aromatic rings. The fourth-order valence-electron chi connectivity index (χ4n) is 2.56. The van der Waals surface area contributed by atoms with Crippen molar-refractivity contribution in [2.45, 2.75) is 26.9 Å². The van der Waals surface area contributed by atoms with Crippen LogP contribution in [-0.2, 0) is 0 Å². The van der Waals surface area contributed by atoms with Crippen molar-refractivity contribution >= 4 is 0 Å². The van der Waals surface area contributed by atoms with E-state index in [1.165, 1.54) is 0 Å². The number of aryl methyl sites for hydroxylation is 2. The van der Waals surface area contributed by atoms with Gasteiger partial charge >= 0.3 is 0 Å². The fraction of sp³-hybridized carbons (Fsp3) is 0.250. The van der Waals surface area contributed by atoms with Crippen LogP contribution in [-0.4, -0.2) is 20.1 Å². The molecule has 0 aliphatic rings. The Hall–Kier alpha value is -2.40. The minimum atomic E-state index is -0.822. The topological polar surface area (TPSA) is 64.1 Å². The lowest BCUT2D eigenvalue weighted by atomic mass is 10.0. The number of para-hydroxylation sites is 1. The molecule has 0 radical (unpaired) electrons. The van der Waals surface area contributed by atoms with Gasteiger partial charge < -0.3 is 9.52 Å². The van der Waals surface area contributed by atoms with Crippen molar-refractivity contribution in [1.82, 2.24) is 15.0 Å². The third-order valence-electron chi connectivity index (χ3n) is 3.75. The summed E-state index contributed by atoms with van der Waals surface area (Å²) < 4.78 is 7.24. The van der Waals surface area contributed by atoms with Crippen LogP contribution in [0.3, 0.4) is 0 Å². The van der Waals surface area contributed by atoms with Gasteiger partial charge in [-0.25, -0.2) is 4.68 Å². The minimum absolute atomic E-state index is 0.619. The summed E-state index contributed by atoms with van der Waals surface area (Å²) in [4.78, 5) is 0. The first-order valence-electron chi connectivity index (χ1n) is 6.80. The first kappa shape index (κ1) is 13.6. The molecule has 1 N–H and O–H groups in total. The molecule has 0 aliphatic carbocycles. The zero-order valence-electron chi connectivity index (χ0n) is 12.2. The van der Waals surface area contributed by atoms with Gasteiger partial charge in [0, 0.05) is 5.56 Å². The van der Waals surface area contributed by atoms with Gasteiger partial charge in [-0.2, -0.15) is 0 Å². The lowest BCUT2D eigenvalue weighted by Gasteiger charge is -2.13. The Morgan fingerprint density at radius 2 is 1.81 bits per heavy atom. The first-order chi connectivity index (χ1) is 10.1. The molecule has 0 spiro atoms. The lowest BCUT2D eigenvalue weighted by Crippen LogP contribution is -2.09. The van der Waals surface area contributed by atoms with E-state index in [9.17, 15) is 5.11 Å². The van der Waals surface area contributed by atoms with Crippen LogP contribution in [0.5, 0.6) is 0 Å². The van der Waals surface area contributed by atoms with E-state index in [1.54, 1.807) is 10.9 Å². The van der Waals surface area contributed by atoms with Gasteiger partial charge in [0.05, 0.1) is 17.6 Å². The second-order valence-electron chi connectivity index (χ2n) is 5.06. The second kappa shape index (κ2) is 5.18. The molecule has 2 aromatic heterocycles. The second-order valence-corrected chi connectivity index (χ2v) is 5.06. The SMILES string of the molecule is Cc1oc(C)c(C(O)c2cnnn2-c2ccccc2)c1C. The summed E-state index contributed by atoms with van der Waals surface area (Å²) in [5, 5.41) is 18.7. The van der Waals surface area contributed by atoms with Gasteiger partial charge in [0.2, 0.25) is 0 Å². The Bertz CT molecular complexity index is 759. The molecule has 1 atom stereocenters. The summed E-state index contributed by atoms with van der Waals surface area (Å²) in [7, 11) is 0. The molecule has 0 aliphatic heterocycles. The number of aromatic nitrogens is 3. The number of nitrogens with zero attached hydrogens (tertiary/aromatic N) is 3. The van der Waals surface area contributed by atoms with Crippen LogP contribution in [0.25, 0.3) is 5.69 Å². The zero-order valence-corrected chi connectivity index (χ0v) is 12.2. The normalized spacial score (nSPS) is 12.6. The third kappa shape index (κ3) is 2.25. The monoisotopic (exact) mass is 283 g/mol. The largest absolute Gasteiger partial charge is 0.466 e. The highest BCUT2D eigenvalue weighted by Crippen LogP contribution is 2.31. The fourth-order valence-corrected chi connectivity index (χ4v) is 2.56. The third-order valence-corrected chi connectivity index (χ3v) is 3.75. The van der Waals surface area contributed by atoms with Crippen LogP contribution in [0.15, 0.2) is 40.9 Å². The Morgan fingerprint density at radius 1 is 1.10 bits per heavy atom. The highest BCUT2D eigenvalue weighted by atomic mass is 16.3. The van der Waals surface area contributed by atoms with Gasteiger partial charge in [0.1, 0.15) is 17.6 Å². The maximum absolute atomic E-state index is 10.7. The highest BCUT2D eigenvalue weighted by molar-refractivity contribution is 5.39. The number of aliphatic hydroxyl groups is 1. The summed E-state index contributed by atoms with van der Waals surface area (Å²) >= 11 is 0. The van der Waals surface area contributed by atoms with Crippen molar-refractivity contribution in [3.63, 3.8) is 0 Å². The molecule has 21 heavy (non-hydrogen) atoms. The Balaban J connectivity index is 2.08. The molecule has 3 rings (SSSR count). The summed E-state index contributed by atoms with van der Waals surface area (Å²) in [6, 6.07) is 9.62. The smallest absolute Gasteiger partial charge is 0.126 e. The molecule has 0 saturated carbocycles. The van der Waals surface area contributed by atoms with Crippen LogP contribution in [0.4, 0.5) is 0 Å². The number of furan rings is 1. The lowest BCUT2D eigenvalue weighted by molar-refractivity contribution is 0.209. The van der Waals surface area contributed by atoms with Crippen molar-refractivity contribution in [3.05, 3.63) is 64.9 Å². The molecule has 108 valence electrons. The van der Waals surface area contributed by atoms with E-state index in [1.807, 2.05) is 51.1 Å². The van der Waals surface area contributed by atoms with E-state index in [0.717, 1.165) is 28.3 Å². The molecule has 0 bridgehead atoms. The quantitative estimate of drug-likeness (QED) is 0.802. The standard InChI is InChI=1S/C16H17N3O2/c1-10-11(2)21-12(3)15(10)16(20)14-9-17-18-19(14)13-7-5-4-6-8-13/h4-9,16,20H,1-3H3. The van der Waals surface area contributed by atoms with Gasteiger partial charge in [-0.15, -0.1) is 5.10 Å². The molecule has 0 fully saturated rings. The predicted molar refractivity (Wildman–Crippen MR) is 78.3 cm³/mol. The summed E-state index contributed by atoms with van der Waals surface area (Å²) in [5.74, 6) is 1.54. The molecule has 0 saturated heterocycles. The van der Waals surface area contributed by atoms with Crippen molar-refractivity contribution in [3.8, 4) is 5.69 Å². The van der Waals surface area contributed by atoms with E-state index >= 15 is 0 Å². The summed E-state index contributed by atoms with van der Waals surface area (Å²) in [6.45, 7) is 5.70. The molecule has 1 unspecified atom stereocenters. The molecule has 0 amide bonds. The maximum atomic E-state index is 10.7. The van der Waals surface area contributed by atoms with E-state index in [-0.39, 0.29) is 0 Å². The average Bonchev–Trinajstić information content (AvgIpc) is 3.05. The number of hydrogen-bond acceptors (Lipinski definition) is 4. The van der Waals surface area contributed by atoms with Crippen LogP contribution in [0.1, 0.15) is 34.4 Å². The van der Waals surface area contributed by atoms with E-state index in [2.05, 4.69) is 10.3 Å². The van der Waals surface area contributed by atoms with Crippen LogP contribution >= 0.6 is 0 Å². The van der Waals surface area contributed by atoms with Gasteiger partial charge in [-0.05, 0) is 38.5 Å². The van der Waals surface area contributed by atoms with Crippen molar-refractivity contribution in [2.75, 3.05) is 0 Å². The highest BCUT2D eigenvalue weighted by Gasteiger charge is 2.24. The van der Waals surface area contributed by atoms with Gasteiger partial charge in [-0.3, -0.25) is 0 Å². The number of aliphatic hydroxyl groups excluding tert-OH is 1. The Morgan fingerprint density at radius 3 is 2.43 bits per heavy atom. The van der Waals surface area contributed by atoms with E-state index in [0.29, 0.717) is 5.69 Å². The predicted octanol–water partition coefficient (Wildman–Crippen LogP) is 2.87. The van der Waals surface area contributed by atoms with Crippen LogP contribution < -0.4 is 0 Å². The summed E-state index contributed by atoms with van der Waals surface area (Å²) in [6.07, 6.45) is 0.761. The number of benzene rings is 1. The molecule has 5 nitrogen and oxygen atoms in total.